The van der Waals surface area contributed by atoms with Crippen molar-refractivity contribution in [2.75, 3.05) is 20.1 Å². The van der Waals surface area contributed by atoms with E-state index < -0.39 is 0 Å². The van der Waals surface area contributed by atoms with Gasteiger partial charge >= 0.3 is 0 Å². The van der Waals surface area contributed by atoms with Gasteiger partial charge in [0.05, 0.1) is 19.1 Å². The molecule has 2 amide bonds. The number of amides is 2. The van der Waals surface area contributed by atoms with Crippen LogP contribution in [-0.4, -0.2) is 42.9 Å². The van der Waals surface area contributed by atoms with Gasteiger partial charge in [0.25, 0.3) is 0 Å². The van der Waals surface area contributed by atoms with E-state index in [4.69, 9.17) is 11.6 Å². The smallest absolute Gasteiger partial charge is 0.234 e. The van der Waals surface area contributed by atoms with Crippen molar-refractivity contribution < 1.29 is 9.59 Å². The van der Waals surface area contributed by atoms with Gasteiger partial charge in [-0.2, -0.15) is 0 Å². The lowest BCUT2D eigenvalue weighted by atomic mass is 10.1. The number of likely N-dealkylation sites (N-methyl/N-ethyl adjacent to an activating group) is 1. The van der Waals surface area contributed by atoms with Crippen molar-refractivity contribution in [3.8, 4) is 0 Å². The molecule has 0 radical (unpaired) electrons. The van der Waals surface area contributed by atoms with Gasteiger partial charge in [-0.05, 0) is 38.4 Å². The van der Waals surface area contributed by atoms with E-state index in [1.54, 1.807) is 18.0 Å². The van der Waals surface area contributed by atoms with Crippen molar-refractivity contribution in [1.29, 1.82) is 0 Å². The number of halogens is 1. The lowest BCUT2D eigenvalue weighted by Gasteiger charge is -2.19. The Morgan fingerprint density at radius 2 is 1.91 bits per heavy atom. The van der Waals surface area contributed by atoms with Gasteiger partial charge in [-0.1, -0.05) is 29.8 Å². The van der Waals surface area contributed by atoms with Crippen LogP contribution < -0.4 is 10.6 Å². The third-order valence-corrected chi connectivity index (χ3v) is 3.86. The molecule has 1 aromatic rings. The van der Waals surface area contributed by atoms with Crippen molar-refractivity contribution >= 4 is 23.4 Å². The van der Waals surface area contributed by atoms with Crippen LogP contribution in [0, 0.1) is 0 Å². The fourth-order valence-corrected chi connectivity index (χ4v) is 2.54. The molecule has 2 N–H and O–H groups in total. The molecule has 6 heteroatoms. The molecular weight excluding hydrogens is 302 g/mol. The predicted molar refractivity (Wildman–Crippen MR) is 86.7 cm³/mol. The first-order valence-corrected chi connectivity index (χ1v) is 7.85. The minimum absolute atomic E-state index is 0.0306. The summed E-state index contributed by atoms with van der Waals surface area (Å²) in [7, 11) is 1.76. The SMILES string of the molecule is C[C@H](NC(=O)CN(C)CC(=O)NC1CC1)c1ccccc1Cl. The maximum atomic E-state index is 12.0. The first kappa shape index (κ1) is 16.8. The molecule has 0 aromatic heterocycles. The standard InChI is InChI=1S/C16H22ClN3O2/c1-11(13-5-3-4-6-14(13)17)18-15(21)9-20(2)10-16(22)19-12-7-8-12/h3-6,11-12H,7-10H2,1-2H3,(H,18,21)(H,19,22)/t11-/m0/s1. The van der Waals surface area contributed by atoms with Crippen molar-refractivity contribution in [2.45, 2.75) is 31.8 Å². The summed E-state index contributed by atoms with van der Waals surface area (Å²) in [4.78, 5) is 25.4. The summed E-state index contributed by atoms with van der Waals surface area (Å²) in [5.74, 6) is -0.161. The highest BCUT2D eigenvalue weighted by Gasteiger charge is 2.24. The van der Waals surface area contributed by atoms with E-state index in [2.05, 4.69) is 10.6 Å². The van der Waals surface area contributed by atoms with Crippen molar-refractivity contribution in [2.24, 2.45) is 0 Å². The molecule has 120 valence electrons. The minimum Gasteiger partial charge on any atom is -0.352 e. The molecule has 1 atom stereocenters. The summed E-state index contributed by atoms with van der Waals surface area (Å²) in [5, 5.41) is 6.43. The van der Waals surface area contributed by atoms with Crippen LogP contribution in [0.4, 0.5) is 0 Å². The Labute approximate surface area is 136 Å². The van der Waals surface area contributed by atoms with E-state index in [1.165, 1.54) is 0 Å². The normalized spacial score (nSPS) is 15.5. The Morgan fingerprint density at radius 1 is 1.27 bits per heavy atom. The highest BCUT2D eigenvalue weighted by Crippen LogP contribution is 2.22. The number of carbonyl (C=O) groups is 2. The summed E-state index contributed by atoms with van der Waals surface area (Å²) in [6.45, 7) is 2.29. The van der Waals surface area contributed by atoms with Crippen molar-refractivity contribution in [3.63, 3.8) is 0 Å². The predicted octanol–water partition coefficient (Wildman–Crippen LogP) is 1.73. The van der Waals surface area contributed by atoms with Crippen molar-refractivity contribution in [3.05, 3.63) is 34.9 Å². The average molecular weight is 324 g/mol. The zero-order valence-electron chi connectivity index (χ0n) is 12.9. The molecule has 22 heavy (non-hydrogen) atoms. The van der Waals surface area contributed by atoms with Gasteiger partial charge in [0.2, 0.25) is 11.8 Å². The topological polar surface area (TPSA) is 61.4 Å². The molecule has 0 bridgehead atoms. The highest BCUT2D eigenvalue weighted by atomic mass is 35.5. The minimum atomic E-state index is -0.171. The van der Waals surface area contributed by atoms with E-state index >= 15 is 0 Å². The molecule has 2 rings (SSSR count). The fourth-order valence-electron chi connectivity index (χ4n) is 2.24. The van der Waals surface area contributed by atoms with Crippen LogP contribution in [0.25, 0.3) is 0 Å². The van der Waals surface area contributed by atoms with Crippen molar-refractivity contribution in [1.82, 2.24) is 15.5 Å². The third kappa shape index (κ3) is 5.31. The Balaban J connectivity index is 1.76. The van der Waals surface area contributed by atoms with Crippen LogP contribution in [0.5, 0.6) is 0 Å². The van der Waals surface area contributed by atoms with Crippen LogP contribution in [0.2, 0.25) is 5.02 Å². The quantitative estimate of drug-likeness (QED) is 0.803. The van der Waals surface area contributed by atoms with E-state index in [1.807, 2.05) is 25.1 Å². The average Bonchev–Trinajstić information content (AvgIpc) is 3.22. The third-order valence-electron chi connectivity index (χ3n) is 3.52. The lowest BCUT2D eigenvalue weighted by molar-refractivity contribution is -0.125. The molecule has 1 fully saturated rings. The van der Waals surface area contributed by atoms with Crippen LogP contribution in [0.15, 0.2) is 24.3 Å². The second kappa shape index (κ2) is 7.61. The second-order valence-corrected chi connectivity index (χ2v) is 6.23. The molecule has 1 aliphatic carbocycles. The fraction of sp³-hybridized carbons (Fsp3) is 0.500. The zero-order valence-corrected chi connectivity index (χ0v) is 13.7. The monoisotopic (exact) mass is 323 g/mol. The van der Waals surface area contributed by atoms with E-state index in [0.717, 1.165) is 18.4 Å². The first-order chi connectivity index (χ1) is 10.5. The van der Waals surface area contributed by atoms with E-state index in [9.17, 15) is 9.59 Å². The summed E-state index contributed by atoms with van der Waals surface area (Å²) in [6, 6.07) is 7.60. The van der Waals surface area contributed by atoms with Crippen LogP contribution in [0.3, 0.4) is 0 Å². The highest BCUT2D eigenvalue weighted by molar-refractivity contribution is 6.31. The Bertz CT molecular complexity index is 546. The van der Waals surface area contributed by atoms with Gasteiger partial charge < -0.3 is 10.6 Å². The molecule has 0 unspecified atom stereocenters. The second-order valence-electron chi connectivity index (χ2n) is 5.82. The van der Waals surface area contributed by atoms with Gasteiger partial charge in [-0.25, -0.2) is 0 Å². The molecule has 1 saturated carbocycles. The van der Waals surface area contributed by atoms with E-state index in [-0.39, 0.29) is 30.9 Å². The summed E-state index contributed by atoms with van der Waals surface area (Å²) in [6.07, 6.45) is 2.12. The van der Waals surface area contributed by atoms with Gasteiger partial charge in [-0.15, -0.1) is 0 Å². The first-order valence-electron chi connectivity index (χ1n) is 7.47. The van der Waals surface area contributed by atoms with Crippen LogP contribution in [0.1, 0.15) is 31.4 Å². The summed E-state index contributed by atoms with van der Waals surface area (Å²) >= 11 is 6.12. The maximum Gasteiger partial charge on any atom is 0.234 e. The Hall–Kier alpha value is -1.59. The van der Waals surface area contributed by atoms with Gasteiger partial charge in [0, 0.05) is 11.1 Å². The number of carbonyl (C=O) groups excluding carboxylic acids is 2. The Morgan fingerprint density at radius 3 is 2.55 bits per heavy atom. The molecule has 1 aromatic carbocycles. The summed E-state index contributed by atoms with van der Waals surface area (Å²) in [5.41, 5.74) is 0.881. The molecular formula is C16H22ClN3O2. The van der Waals surface area contributed by atoms with Crippen LogP contribution in [-0.2, 0) is 9.59 Å². The van der Waals surface area contributed by atoms with Gasteiger partial charge in [-0.3, -0.25) is 14.5 Å². The zero-order chi connectivity index (χ0) is 16.1. The molecule has 0 spiro atoms. The molecule has 0 saturated heterocycles. The molecule has 0 heterocycles. The van der Waals surface area contributed by atoms with Crippen LogP contribution >= 0.6 is 11.6 Å². The lowest BCUT2D eigenvalue weighted by Crippen LogP contribution is -2.41. The molecule has 1 aliphatic rings. The number of nitrogens with one attached hydrogen (secondary N) is 2. The largest absolute Gasteiger partial charge is 0.352 e. The number of hydrogen-bond donors (Lipinski definition) is 2. The number of rotatable bonds is 7. The maximum absolute atomic E-state index is 12.0. The molecule has 0 aliphatic heterocycles. The van der Waals surface area contributed by atoms with Gasteiger partial charge in [0.15, 0.2) is 0 Å². The molecule has 5 nitrogen and oxygen atoms in total. The number of hydrogen-bond acceptors (Lipinski definition) is 3. The number of nitrogens with zero attached hydrogens (tertiary/aromatic N) is 1. The van der Waals surface area contributed by atoms with Gasteiger partial charge in [0.1, 0.15) is 0 Å². The van der Waals surface area contributed by atoms with E-state index in [0.29, 0.717) is 11.1 Å². The summed E-state index contributed by atoms with van der Waals surface area (Å²) < 4.78 is 0. The Kier molecular flexibility index (Phi) is 5.80. The number of benzene rings is 1.